The van der Waals surface area contributed by atoms with Crippen LogP contribution in [-0.4, -0.2) is 0 Å². The molecule has 0 radical (unpaired) electrons. The van der Waals surface area contributed by atoms with E-state index in [-0.39, 0.29) is 17.5 Å². The molecule has 0 bridgehead atoms. The zero-order valence-corrected chi connectivity index (χ0v) is 16.7. The van der Waals surface area contributed by atoms with Gasteiger partial charge in [-0.05, 0) is 98.8 Å². The summed E-state index contributed by atoms with van der Waals surface area (Å²) in [7, 11) is 0. The minimum Gasteiger partial charge on any atom is -0.207 e. The largest absolute Gasteiger partial charge is 0.207 e. The maximum atomic E-state index is 14.3. The molecule has 0 unspecified atom stereocenters. The van der Waals surface area contributed by atoms with Gasteiger partial charge in [-0.25, -0.2) is 17.6 Å². The van der Waals surface area contributed by atoms with Crippen molar-refractivity contribution in [3.05, 3.63) is 120 Å². The quantitative estimate of drug-likeness (QED) is 0.253. The van der Waals surface area contributed by atoms with Crippen molar-refractivity contribution in [1.29, 1.82) is 0 Å². The van der Waals surface area contributed by atoms with Gasteiger partial charge < -0.3 is 0 Å². The molecular weight excluding hydrogens is 412 g/mol. The van der Waals surface area contributed by atoms with Gasteiger partial charge in [0.25, 0.3) is 0 Å². The first-order valence-electron chi connectivity index (χ1n) is 10.0. The molecule has 0 aliphatic heterocycles. The second kappa shape index (κ2) is 7.97. The molecule has 0 fully saturated rings. The van der Waals surface area contributed by atoms with E-state index in [4.69, 9.17) is 0 Å². The van der Waals surface area contributed by atoms with Crippen LogP contribution in [0, 0.1) is 23.3 Å². The summed E-state index contributed by atoms with van der Waals surface area (Å²) >= 11 is 0. The first kappa shape index (κ1) is 20.0. The molecular formula is C28H16F4. The zero-order chi connectivity index (χ0) is 22.2. The number of hydrogen-bond acceptors (Lipinski definition) is 0. The number of benzene rings is 5. The number of hydrogen-bond donors (Lipinski definition) is 0. The topological polar surface area (TPSA) is 0 Å². The molecule has 0 amide bonds. The smallest absolute Gasteiger partial charge is 0.123 e. The lowest BCUT2D eigenvalue weighted by Gasteiger charge is -2.20. The number of rotatable bonds is 3. The molecule has 0 saturated heterocycles. The molecule has 5 rings (SSSR count). The molecule has 0 atom stereocenters. The van der Waals surface area contributed by atoms with Gasteiger partial charge in [0.1, 0.15) is 23.3 Å². The third-order valence-corrected chi connectivity index (χ3v) is 5.52. The third-order valence-electron chi connectivity index (χ3n) is 5.52. The van der Waals surface area contributed by atoms with Gasteiger partial charge in [0.2, 0.25) is 0 Å². The van der Waals surface area contributed by atoms with Crippen molar-refractivity contribution in [2.75, 3.05) is 0 Å². The van der Waals surface area contributed by atoms with Gasteiger partial charge in [-0.2, -0.15) is 0 Å². The Morgan fingerprint density at radius 2 is 0.812 bits per heavy atom. The summed E-state index contributed by atoms with van der Waals surface area (Å²) in [6, 6.07) is 24.5. The summed E-state index contributed by atoms with van der Waals surface area (Å²) in [6.45, 7) is 0. The van der Waals surface area contributed by atoms with Crippen LogP contribution in [0.5, 0.6) is 0 Å². The van der Waals surface area contributed by atoms with Crippen molar-refractivity contribution in [3.8, 4) is 33.4 Å². The van der Waals surface area contributed by atoms with Crippen LogP contribution in [-0.2, 0) is 0 Å². The highest BCUT2D eigenvalue weighted by Gasteiger charge is 2.19. The molecule has 0 nitrogen and oxygen atoms in total. The fourth-order valence-electron chi connectivity index (χ4n) is 4.06. The van der Waals surface area contributed by atoms with E-state index in [2.05, 4.69) is 0 Å². The predicted octanol–water partition coefficient (Wildman–Crippen LogP) is 8.40. The fraction of sp³-hybridized carbons (Fsp3) is 0. The molecule has 5 aromatic carbocycles. The van der Waals surface area contributed by atoms with Crippen molar-refractivity contribution in [1.82, 2.24) is 0 Å². The van der Waals surface area contributed by atoms with Gasteiger partial charge in [0, 0.05) is 0 Å². The molecule has 156 valence electrons. The first-order valence-corrected chi connectivity index (χ1v) is 10.0. The second-order valence-corrected chi connectivity index (χ2v) is 7.56. The molecule has 32 heavy (non-hydrogen) atoms. The van der Waals surface area contributed by atoms with Crippen molar-refractivity contribution in [2.24, 2.45) is 0 Å². The summed E-state index contributed by atoms with van der Waals surface area (Å²) in [5.74, 6) is -1.53. The lowest BCUT2D eigenvalue weighted by Crippen LogP contribution is -1.94. The van der Waals surface area contributed by atoms with Crippen LogP contribution >= 0.6 is 0 Å². The SMILES string of the molecule is Fc1ccc(-c2cc3ccc(F)cc3c(-c3ccc(F)cc3)c2-c2ccc(F)cc2)cc1. The molecule has 0 heterocycles. The van der Waals surface area contributed by atoms with E-state index in [1.165, 1.54) is 48.5 Å². The highest BCUT2D eigenvalue weighted by Crippen LogP contribution is 2.45. The van der Waals surface area contributed by atoms with E-state index in [0.717, 1.165) is 22.1 Å². The van der Waals surface area contributed by atoms with Crippen LogP contribution in [0.25, 0.3) is 44.2 Å². The summed E-state index contributed by atoms with van der Waals surface area (Å²) in [5.41, 5.74) is 4.33. The van der Waals surface area contributed by atoms with Crippen LogP contribution < -0.4 is 0 Å². The molecule has 0 aliphatic rings. The van der Waals surface area contributed by atoms with Crippen LogP contribution in [0.15, 0.2) is 97.1 Å². The van der Waals surface area contributed by atoms with Gasteiger partial charge in [-0.3, -0.25) is 0 Å². The van der Waals surface area contributed by atoms with Crippen LogP contribution in [0.4, 0.5) is 17.6 Å². The minimum absolute atomic E-state index is 0.362. The van der Waals surface area contributed by atoms with E-state index in [9.17, 15) is 17.6 Å². The molecule has 0 spiro atoms. The first-order chi connectivity index (χ1) is 15.5. The molecule has 4 heteroatoms. The Labute approximate surface area is 182 Å². The highest BCUT2D eigenvalue weighted by atomic mass is 19.1. The molecule has 0 aromatic heterocycles. The highest BCUT2D eigenvalue weighted by molar-refractivity contribution is 6.09. The number of halogens is 4. The summed E-state index contributed by atoms with van der Waals surface area (Å²) in [4.78, 5) is 0. The van der Waals surface area contributed by atoms with Gasteiger partial charge in [0.05, 0.1) is 0 Å². The van der Waals surface area contributed by atoms with Crippen molar-refractivity contribution in [3.63, 3.8) is 0 Å². The van der Waals surface area contributed by atoms with E-state index in [1.807, 2.05) is 6.07 Å². The maximum absolute atomic E-state index is 14.3. The van der Waals surface area contributed by atoms with Crippen molar-refractivity contribution in [2.45, 2.75) is 0 Å². The maximum Gasteiger partial charge on any atom is 0.123 e. The number of fused-ring (bicyclic) bond motifs is 1. The Kier molecular flexibility index (Phi) is 4.98. The fourth-order valence-corrected chi connectivity index (χ4v) is 4.06. The Balaban J connectivity index is 1.95. The second-order valence-electron chi connectivity index (χ2n) is 7.56. The van der Waals surface area contributed by atoms with Crippen LogP contribution in [0.3, 0.4) is 0 Å². The summed E-state index contributed by atoms with van der Waals surface area (Å²) < 4.78 is 55.3. The Morgan fingerprint density at radius 1 is 0.375 bits per heavy atom. The van der Waals surface area contributed by atoms with Crippen molar-refractivity contribution >= 4 is 10.8 Å². The van der Waals surface area contributed by atoms with E-state index < -0.39 is 5.82 Å². The van der Waals surface area contributed by atoms with Crippen molar-refractivity contribution < 1.29 is 17.6 Å². The molecule has 0 aliphatic carbocycles. The van der Waals surface area contributed by atoms with E-state index in [0.29, 0.717) is 22.1 Å². The summed E-state index contributed by atoms with van der Waals surface area (Å²) in [6.07, 6.45) is 0. The average molecular weight is 428 g/mol. The van der Waals surface area contributed by atoms with Gasteiger partial charge in [0.15, 0.2) is 0 Å². The Bertz CT molecular complexity index is 1420. The Hall–Kier alpha value is -3.92. The van der Waals surface area contributed by atoms with Crippen LogP contribution in [0.1, 0.15) is 0 Å². The molecule has 0 N–H and O–H groups in total. The van der Waals surface area contributed by atoms with Gasteiger partial charge in [-0.15, -0.1) is 0 Å². The third kappa shape index (κ3) is 3.65. The average Bonchev–Trinajstić information content (AvgIpc) is 2.80. The standard InChI is InChI=1S/C28H16F4/c29-21-8-1-17(2-9-21)25-15-20-7-14-24(32)16-26(20)28(19-5-12-23(31)13-6-19)27(25)18-3-10-22(30)11-4-18/h1-16H. The normalized spacial score (nSPS) is 11.1. The van der Waals surface area contributed by atoms with Gasteiger partial charge in [-0.1, -0.05) is 42.5 Å². The van der Waals surface area contributed by atoms with E-state index >= 15 is 0 Å². The van der Waals surface area contributed by atoms with E-state index in [1.54, 1.807) is 42.5 Å². The monoisotopic (exact) mass is 428 g/mol. The Morgan fingerprint density at radius 3 is 1.34 bits per heavy atom. The molecule has 5 aromatic rings. The lowest BCUT2D eigenvalue weighted by atomic mass is 9.84. The zero-order valence-electron chi connectivity index (χ0n) is 16.7. The predicted molar refractivity (Wildman–Crippen MR) is 120 cm³/mol. The minimum atomic E-state index is -0.402. The summed E-state index contributed by atoms with van der Waals surface area (Å²) in [5, 5.41) is 1.41. The lowest BCUT2D eigenvalue weighted by molar-refractivity contribution is 0.627. The molecule has 0 saturated carbocycles. The van der Waals surface area contributed by atoms with Gasteiger partial charge >= 0.3 is 0 Å². The van der Waals surface area contributed by atoms with Crippen LogP contribution in [0.2, 0.25) is 0 Å².